The van der Waals surface area contributed by atoms with E-state index in [4.69, 9.17) is 0 Å². The van der Waals surface area contributed by atoms with E-state index in [1.165, 1.54) is 0 Å². The number of imidazole rings is 1. The standard InChI is InChI=1S/C13H8N2/c1-2-6-12(7-3-1)8-4-5-9-13-10-14-11-15-13/h1-3,6-7,10-11H,(H,14,15). The highest BCUT2D eigenvalue weighted by Crippen LogP contribution is 1.94. The fourth-order valence-corrected chi connectivity index (χ4v) is 1.05. The minimum Gasteiger partial charge on any atom is -0.338 e. The molecular weight excluding hydrogens is 184 g/mol. The summed E-state index contributed by atoms with van der Waals surface area (Å²) >= 11 is 0. The van der Waals surface area contributed by atoms with Crippen molar-refractivity contribution >= 4 is 0 Å². The molecule has 0 aliphatic carbocycles. The molecular formula is C13H8N2. The summed E-state index contributed by atoms with van der Waals surface area (Å²) in [5.41, 5.74) is 1.74. The third-order valence-electron chi connectivity index (χ3n) is 1.74. The Morgan fingerprint density at radius 3 is 2.53 bits per heavy atom. The number of nitrogens with zero attached hydrogens (tertiary/aromatic N) is 1. The summed E-state index contributed by atoms with van der Waals surface area (Å²) < 4.78 is 0. The van der Waals surface area contributed by atoms with Crippen molar-refractivity contribution in [1.29, 1.82) is 0 Å². The Kier molecular flexibility index (Phi) is 2.85. The average Bonchev–Trinajstić information content (AvgIpc) is 2.79. The molecule has 0 radical (unpaired) electrons. The lowest BCUT2D eigenvalue weighted by atomic mass is 10.2. The normalized spacial score (nSPS) is 8.27. The quantitative estimate of drug-likeness (QED) is 0.634. The molecule has 0 fully saturated rings. The number of H-pyrrole nitrogens is 1. The molecule has 0 aliphatic rings. The molecule has 2 nitrogen and oxygen atoms in total. The number of benzene rings is 1. The number of rotatable bonds is 0. The Labute approximate surface area is 88.4 Å². The second kappa shape index (κ2) is 4.69. The number of nitrogens with one attached hydrogen (secondary N) is 1. The van der Waals surface area contributed by atoms with E-state index in [1.54, 1.807) is 12.5 Å². The molecule has 0 spiro atoms. The van der Waals surface area contributed by atoms with E-state index < -0.39 is 0 Å². The van der Waals surface area contributed by atoms with Gasteiger partial charge in [0.15, 0.2) is 0 Å². The van der Waals surface area contributed by atoms with Gasteiger partial charge in [0.25, 0.3) is 0 Å². The third kappa shape index (κ3) is 2.76. The van der Waals surface area contributed by atoms with Crippen molar-refractivity contribution in [2.75, 3.05) is 0 Å². The first-order chi connectivity index (χ1) is 7.45. The molecule has 1 aromatic heterocycles. The van der Waals surface area contributed by atoms with Crippen LogP contribution in [-0.2, 0) is 0 Å². The number of hydrogen-bond acceptors (Lipinski definition) is 1. The van der Waals surface area contributed by atoms with E-state index in [0.717, 1.165) is 11.3 Å². The molecule has 0 unspecified atom stereocenters. The number of hydrogen-bond donors (Lipinski definition) is 1. The SMILES string of the molecule is C(C#Cc1cnc[nH]1)#Cc1ccccc1. The maximum atomic E-state index is 3.85. The summed E-state index contributed by atoms with van der Waals surface area (Å²) in [6.07, 6.45) is 3.26. The summed E-state index contributed by atoms with van der Waals surface area (Å²) in [5.74, 6) is 11.3. The van der Waals surface area contributed by atoms with E-state index in [1.807, 2.05) is 30.3 Å². The van der Waals surface area contributed by atoms with Crippen LogP contribution in [0.25, 0.3) is 0 Å². The largest absolute Gasteiger partial charge is 0.338 e. The number of aromatic nitrogens is 2. The maximum absolute atomic E-state index is 3.85. The van der Waals surface area contributed by atoms with Crippen LogP contribution < -0.4 is 0 Å². The lowest BCUT2D eigenvalue weighted by Gasteiger charge is -1.83. The van der Waals surface area contributed by atoms with Gasteiger partial charge in [-0.25, -0.2) is 4.98 Å². The first kappa shape index (κ1) is 9.12. The number of aromatic amines is 1. The zero-order valence-electron chi connectivity index (χ0n) is 7.99. The molecule has 0 saturated heterocycles. The van der Waals surface area contributed by atoms with E-state index in [9.17, 15) is 0 Å². The fourth-order valence-electron chi connectivity index (χ4n) is 1.05. The minimum atomic E-state index is 0.775. The van der Waals surface area contributed by atoms with Gasteiger partial charge in [0, 0.05) is 5.56 Å². The summed E-state index contributed by atoms with van der Waals surface area (Å²) in [6.45, 7) is 0. The van der Waals surface area contributed by atoms with Crippen molar-refractivity contribution in [1.82, 2.24) is 9.97 Å². The van der Waals surface area contributed by atoms with Crippen molar-refractivity contribution < 1.29 is 0 Å². The zero-order chi connectivity index (χ0) is 10.3. The van der Waals surface area contributed by atoms with Gasteiger partial charge in [0.2, 0.25) is 0 Å². The van der Waals surface area contributed by atoms with Crippen molar-refractivity contribution in [2.45, 2.75) is 0 Å². The minimum absolute atomic E-state index is 0.775. The van der Waals surface area contributed by atoms with E-state index in [0.29, 0.717) is 0 Å². The van der Waals surface area contributed by atoms with Crippen LogP contribution in [0.15, 0.2) is 42.9 Å². The van der Waals surface area contributed by atoms with Crippen LogP contribution in [0.5, 0.6) is 0 Å². The molecule has 0 bridgehead atoms. The highest BCUT2D eigenvalue weighted by molar-refractivity contribution is 5.42. The van der Waals surface area contributed by atoms with Crippen LogP contribution in [0.1, 0.15) is 11.3 Å². The van der Waals surface area contributed by atoms with Gasteiger partial charge in [-0.1, -0.05) is 24.1 Å². The summed E-state index contributed by atoms with van der Waals surface area (Å²) in [5, 5.41) is 0. The smallest absolute Gasteiger partial charge is 0.110 e. The van der Waals surface area contributed by atoms with Gasteiger partial charge < -0.3 is 4.98 Å². The van der Waals surface area contributed by atoms with Crippen LogP contribution in [-0.4, -0.2) is 9.97 Å². The van der Waals surface area contributed by atoms with Crippen molar-refractivity contribution in [2.24, 2.45) is 0 Å². The molecule has 1 aromatic carbocycles. The molecule has 15 heavy (non-hydrogen) atoms. The second-order valence-corrected chi connectivity index (χ2v) is 2.83. The van der Waals surface area contributed by atoms with Gasteiger partial charge in [-0.15, -0.1) is 0 Å². The van der Waals surface area contributed by atoms with Gasteiger partial charge in [0.1, 0.15) is 5.69 Å². The Morgan fingerprint density at radius 2 is 1.80 bits per heavy atom. The van der Waals surface area contributed by atoms with Crippen molar-refractivity contribution in [3.8, 4) is 23.7 Å². The Morgan fingerprint density at radius 1 is 1.00 bits per heavy atom. The highest BCUT2D eigenvalue weighted by Gasteiger charge is 1.82. The molecule has 0 atom stereocenters. The predicted octanol–water partition coefficient (Wildman–Crippen LogP) is 1.81. The lowest BCUT2D eigenvalue weighted by Crippen LogP contribution is -1.70. The topological polar surface area (TPSA) is 28.7 Å². The van der Waals surface area contributed by atoms with Gasteiger partial charge in [-0.3, -0.25) is 0 Å². The van der Waals surface area contributed by atoms with Crippen molar-refractivity contribution in [3.63, 3.8) is 0 Å². The van der Waals surface area contributed by atoms with Gasteiger partial charge in [0.05, 0.1) is 12.5 Å². The highest BCUT2D eigenvalue weighted by atomic mass is 14.8. The molecule has 0 aliphatic heterocycles. The fraction of sp³-hybridized carbons (Fsp3) is 0. The summed E-state index contributed by atoms with van der Waals surface area (Å²) in [6, 6.07) is 9.76. The van der Waals surface area contributed by atoms with E-state index in [2.05, 4.69) is 33.6 Å². The Bertz CT molecular complexity index is 531. The first-order valence-corrected chi connectivity index (χ1v) is 4.50. The average molecular weight is 192 g/mol. The van der Waals surface area contributed by atoms with Gasteiger partial charge >= 0.3 is 0 Å². The van der Waals surface area contributed by atoms with Gasteiger partial charge in [-0.05, 0) is 29.9 Å². The molecule has 0 saturated carbocycles. The lowest BCUT2D eigenvalue weighted by molar-refractivity contribution is 1.30. The maximum Gasteiger partial charge on any atom is 0.110 e. The molecule has 1 heterocycles. The van der Waals surface area contributed by atoms with Crippen LogP contribution in [0.4, 0.5) is 0 Å². The molecule has 2 rings (SSSR count). The molecule has 2 aromatic rings. The Hall–Kier alpha value is -2.45. The predicted molar refractivity (Wildman–Crippen MR) is 58.8 cm³/mol. The molecule has 0 amide bonds. The van der Waals surface area contributed by atoms with Gasteiger partial charge in [-0.2, -0.15) is 0 Å². The zero-order valence-corrected chi connectivity index (χ0v) is 7.99. The monoisotopic (exact) mass is 192 g/mol. The summed E-state index contributed by atoms with van der Waals surface area (Å²) in [4.78, 5) is 6.74. The van der Waals surface area contributed by atoms with E-state index in [-0.39, 0.29) is 0 Å². The van der Waals surface area contributed by atoms with Crippen LogP contribution in [0, 0.1) is 23.7 Å². The third-order valence-corrected chi connectivity index (χ3v) is 1.74. The molecule has 70 valence electrons. The second-order valence-electron chi connectivity index (χ2n) is 2.83. The van der Waals surface area contributed by atoms with Crippen LogP contribution in [0.2, 0.25) is 0 Å². The van der Waals surface area contributed by atoms with Crippen LogP contribution in [0.3, 0.4) is 0 Å². The van der Waals surface area contributed by atoms with Crippen molar-refractivity contribution in [3.05, 3.63) is 54.1 Å². The Balaban J connectivity index is 2.08. The first-order valence-electron chi connectivity index (χ1n) is 4.50. The van der Waals surface area contributed by atoms with Crippen LogP contribution >= 0.6 is 0 Å². The van der Waals surface area contributed by atoms with E-state index >= 15 is 0 Å². The molecule has 2 heteroatoms. The summed E-state index contributed by atoms with van der Waals surface area (Å²) in [7, 11) is 0. The molecule has 1 N–H and O–H groups in total.